The van der Waals surface area contributed by atoms with Crippen molar-refractivity contribution in [1.29, 1.82) is 5.26 Å². The standard InChI is InChI=1S/C8H12N4/c1-8(2,5-9)6-12-4-3-7(10)11-12/h3-4H,6H2,1-2H3,(H2,10,11). The highest BCUT2D eigenvalue weighted by atomic mass is 15.3. The molecule has 0 amide bonds. The minimum absolute atomic E-state index is 0.390. The van der Waals surface area contributed by atoms with Crippen molar-refractivity contribution in [3.8, 4) is 6.07 Å². The van der Waals surface area contributed by atoms with Crippen LogP contribution in [0.1, 0.15) is 13.8 Å². The van der Waals surface area contributed by atoms with Gasteiger partial charge in [-0.1, -0.05) is 0 Å². The molecule has 12 heavy (non-hydrogen) atoms. The molecule has 0 saturated carbocycles. The Morgan fingerprint density at radius 3 is 2.83 bits per heavy atom. The van der Waals surface area contributed by atoms with Crippen LogP contribution in [-0.4, -0.2) is 9.78 Å². The van der Waals surface area contributed by atoms with E-state index in [2.05, 4.69) is 11.2 Å². The SMILES string of the molecule is CC(C)(C#N)Cn1ccc(N)n1. The van der Waals surface area contributed by atoms with Gasteiger partial charge in [-0.05, 0) is 19.9 Å². The largest absolute Gasteiger partial charge is 0.382 e. The highest BCUT2D eigenvalue weighted by Gasteiger charge is 2.17. The average molecular weight is 164 g/mol. The number of rotatable bonds is 2. The van der Waals surface area contributed by atoms with Gasteiger partial charge in [-0.2, -0.15) is 10.4 Å². The van der Waals surface area contributed by atoms with Crippen LogP contribution in [0.4, 0.5) is 5.82 Å². The number of nitrogens with zero attached hydrogens (tertiary/aromatic N) is 3. The molecule has 64 valence electrons. The Hall–Kier alpha value is -1.50. The maximum atomic E-state index is 8.74. The van der Waals surface area contributed by atoms with Crippen molar-refractivity contribution >= 4 is 5.82 Å². The molecule has 0 spiro atoms. The van der Waals surface area contributed by atoms with Gasteiger partial charge in [-0.15, -0.1) is 0 Å². The smallest absolute Gasteiger partial charge is 0.145 e. The molecule has 4 nitrogen and oxygen atoms in total. The lowest BCUT2D eigenvalue weighted by Gasteiger charge is -2.14. The molecule has 0 aliphatic carbocycles. The van der Waals surface area contributed by atoms with Gasteiger partial charge in [0.2, 0.25) is 0 Å². The predicted octanol–water partition coefficient (Wildman–Crippen LogP) is 1.02. The maximum absolute atomic E-state index is 8.74. The van der Waals surface area contributed by atoms with Crippen molar-refractivity contribution in [1.82, 2.24) is 9.78 Å². The number of anilines is 1. The first-order valence-electron chi connectivity index (χ1n) is 3.74. The van der Waals surface area contributed by atoms with Crippen LogP contribution in [-0.2, 0) is 6.54 Å². The third-order valence-electron chi connectivity index (χ3n) is 1.52. The van der Waals surface area contributed by atoms with Crippen LogP contribution in [0, 0.1) is 16.7 Å². The summed E-state index contributed by atoms with van der Waals surface area (Å²) in [6, 6.07) is 3.91. The van der Waals surface area contributed by atoms with E-state index in [4.69, 9.17) is 11.0 Å². The summed E-state index contributed by atoms with van der Waals surface area (Å²) in [7, 11) is 0. The van der Waals surface area contributed by atoms with E-state index in [-0.39, 0.29) is 0 Å². The molecule has 1 aromatic rings. The summed E-state index contributed by atoms with van der Waals surface area (Å²) in [5, 5.41) is 12.7. The van der Waals surface area contributed by atoms with Crippen LogP contribution in [0.5, 0.6) is 0 Å². The van der Waals surface area contributed by atoms with Crippen LogP contribution < -0.4 is 5.73 Å². The van der Waals surface area contributed by atoms with E-state index in [1.165, 1.54) is 0 Å². The Kier molecular flexibility index (Phi) is 2.05. The van der Waals surface area contributed by atoms with E-state index in [1.807, 2.05) is 13.8 Å². The molecule has 4 heteroatoms. The number of nitrogens with two attached hydrogens (primary N) is 1. The Morgan fingerprint density at radius 2 is 2.42 bits per heavy atom. The van der Waals surface area contributed by atoms with Crippen LogP contribution in [0.3, 0.4) is 0 Å². The molecule has 0 aliphatic rings. The fourth-order valence-electron chi connectivity index (χ4n) is 0.906. The van der Waals surface area contributed by atoms with Crippen molar-refractivity contribution < 1.29 is 0 Å². The Labute approximate surface area is 71.6 Å². The quantitative estimate of drug-likeness (QED) is 0.709. The molecule has 0 radical (unpaired) electrons. The zero-order chi connectivity index (χ0) is 9.19. The molecule has 1 rings (SSSR count). The van der Waals surface area contributed by atoms with Gasteiger partial charge in [0.15, 0.2) is 0 Å². The lowest BCUT2D eigenvalue weighted by Crippen LogP contribution is -2.17. The first-order valence-corrected chi connectivity index (χ1v) is 3.74. The van der Waals surface area contributed by atoms with Crippen LogP contribution in [0.25, 0.3) is 0 Å². The van der Waals surface area contributed by atoms with Crippen molar-refractivity contribution in [2.45, 2.75) is 20.4 Å². The molecule has 0 aromatic carbocycles. The first kappa shape index (κ1) is 8.60. The lowest BCUT2D eigenvalue weighted by atomic mass is 9.96. The Bertz CT molecular complexity index is 305. The second-order valence-corrected chi connectivity index (χ2v) is 3.43. The molecule has 0 unspecified atom stereocenters. The molecule has 0 bridgehead atoms. The summed E-state index contributed by atoms with van der Waals surface area (Å²) in [4.78, 5) is 0. The van der Waals surface area contributed by atoms with Crippen molar-refractivity contribution in [2.75, 3.05) is 5.73 Å². The van der Waals surface area contributed by atoms with Gasteiger partial charge < -0.3 is 5.73 Å². The Morgan fingerprint density at radius 1 is 1.75 bits per heavy atom. The third kappa shape index (κ3) is 1.99. The number of nitriles is 1. The molecule has 0 aliphatic heterocycles. The number of hydrogen-bond donors (Lipinski definition) is 1. The Balaban J connectivity index is 2.72. The van der Waals surface area contributed by atoms with E-state index >= 15 is 0 Å². The maximum Gasteiger partial charge on any atom is 0.145 e. The molecule has 2 N–H and O–H groups in total. The van der Waals surface area contributed by atoms with Gasteiger partial charge in [0.25, 0.3) is 0 Å². The zero-order valence-electron chi connectivity index (χ0n) is 7.28. The van der Waals surface area contributed by atoms with Gasteiger partial charge in [0, 0.05) is 6.20 Å². The van der Waals surface area contributed by atoms with Crippen molar-refractivity contribution in [3.63, 3.8) is 0 Å². The van der Waals surface area contributed by atoms with E-state index in [1.54, 1.807) is 16.9 Å². The number of nitrogen functional groups attached to an aromatic ring is 1. The summed E-state index contributed by atoms with van der Waals surface area (Å²) in [6.45, 7) is 4.30. The molecular formula is C8H12N4. The molecule has 1 aromatic heterocycles. The highest BCUT2D eigenvalue weighted by Crippen LogP contribution is 2.15. The summed E-state index contributed by atoms with van der Waals surface area (Å²) < 4.78 is 1.68. The second-order valence-electron chi connectivity index (χ2n) is 3.43. The van der Waals surface area contributed by atoms with Crippen LogP contribution in [0.2, 0.25) is 0 Å². The topological polar surface area (TPSA) is 67.6 Å². The molecule has 0 atom stereocenters. The predicted molar refractivity (Wildman–Crippen MR) is 46.0 cm³/mol. The van der Waals surface area contributed by atoms with Crippen molar-refractivity contribution in [2.24, 2.45) is 5.41 Å². The van der Waals surface area contributed by atoms with Gasteiger partial charge in [0.1, 0.15) is 5.82 Å². The fraction of sp³-hybridized carbons (Fsp3) is 0.500. The van der Waals surface area contributed by atoms with E-state index < -0.39 is 5.41 Å². The number of hydrogen-bond acceptors (Lipinski definition) is 3. The van der Waals surface area contributed by atoms with Crippen LogP contribution >= 0.6 is 0 Å². The highest BCUT2D eigenvalue weighted by molar-refractivity contribution is 5.23. The monoisotopic (exact) mass is 164 g/mol. The molecule has 0 fully saturated rings. The lowest BCUT2D eigenvalue weighted by molar-refractivity contribution is 0.385. The average Bonchev–Trinajstić information content (AvgIpc) is 2.35. The van der Waals surface area contributed by atoms with E-state index in [0.717, 1.165) is 0 Å². The molecule has 1 heterocycles. The summed E-state index contributed by atoms with van der Waals surface area (Å²) in [5.41, 5.74) is 5.03. The van der Waals surface area contributed by atoms with E-state index in [0.29, 0.717) is 12.4 Å². The second kappa shape index (κ2) is 2.86. The summed E-state index contributed by atoms with van der Waals surface area (Å²) in [6.07, 6.45) is 1.77. The minimum atomic E-state index is -0.390. The van der Waals surface area contributed by atoms with Gasteiger partial charge in [0.05, 0.1) is 18.0 Å². The van der Waals surface area contributed by atoms with Gasteiger partial charge >= 0.3 is 0 Å². The third-order valence-corrected chi connectivity index (χ3v) is 1.52. The zero-order valence-corrected chi connectivity index (χ0v) is 7.28. The van der Waals surface area contributed by atoms with Gasteiger partial charge in [-0.25, -0.2) is 0 Å². The number of aromatic nitrogens is 2. The molecule has 0 saturated heterocycles. The minimum Gasteiger partial charge on any atom is -0.382 e. The molecular weight excluding hydrogens is 152 g/mol. The van der Waals surface area contributed by atoms with Crippen molar-refractivity contribution in [3.05, 3.63) is 12.3 Å². The first-order chi connectivity index (χ1) is 5.53. The fourth-order valence-corrected chi connectivity index (χ4v) is 0.906. The van der Waals surface area contributed by atoms with Crippen LogP contribution in [0.15, 0.2) is 12.3 Å². The van der Waals surface area contributed by atoms with E-state index in [9.17, 15) is 0 Å². The van der Waals surface area contributed by atoms with Gasteiger partial charge in [-0.3, -0.25) is 4.68 Å². The summed E-state index contributed by atoms with van der Waals surface area (Å²) >= 11 is 0. The normalized spacial score (nSPS) is 11.1. The summed E-state index contributed by atoms with van der Waals surface area (Å²) in [5.74, 6) is 0.490.